The molecule has 1 nitrogen and oxygen atoms in total. The number of aromatic nitrogens is 1. The quantitative estimate of drug-likeness (QED) is 0.602. The molecule has 0 N–H and O–H groups in total. The zero-order chi connectivity index (χ0) is 14.9. The maximum atomic E-state index is 4.51. The van der Waals surface area contributed by atoms with Crippen LogP contribution in [0.3, 0.4) is 0 Å². The van der Waals surface area contributed by atoms with Crippen molar-refractivity contribution in [3.8, 4) is 0 Å². The monoisotopic (exact) mass is 293 g/mol. The molecule has 0 aliphatic rings. The molecule has 1 aromatic heterocycles. The van der Waals surface area contributed by atoms with E-state index in [1.54, 1.807) is 11.8 Å². The molecule has 2 heteroatoms. The SMILES string of the molecule is CC(C)(C)c1ccc(Sc2cnc3ccccc3c2)cc1. The average molecular weight is 293 g/mol. The lowest BCUT2D eigenvalue weighted by Gasteiger charge is -2.19. The van der Waals surface area contributed by atoms with Gasteiger partial charge in [-0.3, -0.25) is 4.98 Å². The molecule has 0 unspecified atom stereocenters. The van der Waals surface area contributed by atoms with Gasteiger partial charge in [-0.05, 0) is 35.2 Å². The number of pyridine rings is 1. The number of nitrogens with zero attached hydrogens (tertiary/aromatic N) is 1. The molecular formula is C19H19NS. The summed E-state index contributed by atoms with van der Waals surface area (Å²) in [6, 6.07) is 19.3. The fraction of sp³-hybridized carbons (Fsp3) is 0.211. The summed E-state index contributed by atoms with van der Waals surface area (Å²) < 4.78 is 0. The molecule has 0 amide bonds. The zero-order valence-electron chi connectivity index (χ0n) is 12.6. The fourth-order valence-electron chi connectivity index (χ4n) is 2.27. The van der Waals surface area contributed by atoms with E-state index < -0.39 is 0 Å². The summed E-state index contributed by atoms with van der Waals surface area (Å²) in [5.41, 5.74) is 2.61. The first-order valence-electron chi connectivity index (χ1n) is 7.15. The predicted molar refractivity (Wildman–Crippen MR) is 91.0 cm³/mol. The number of hydrogen-bond donors (Lipinski definition) is 0. The molecule has 3 rings (SSSR count). The molecule has 3 aromatic rings. The zero-order valence-corrected chi connectivity index (χ0v) is 13.4. The largest absolute Gasteiger partial charge is 0.255 e. The van der Waals surface area contributed by atoms with Crippen LogP contribution in [0.25, 0.3) is 10.9 Å². The number of rotatable bonds is 2. The van der Waals surface area contributed by atoms with Crippen LogP contribution in [0.4, 0.5) is 0 Å². The maximum absolute atomic E-state index is 4.51. The minimum Gasteiger partial charge on any atom is -0.255 e. The average Bonchev–Trinajstić information content (AvgIpc) is 2.47. The normalized spacial score (nSPS) is 11.8. The molecule has 0 spiro atoms. The third-order valence-corrected chi connectivity index (χ3v) is 4.49. The molecule has 0 atom stereocenters. The highest BCUT2D eigenvalue weighted by atomic mass is 32.2. The van der Waals surface area contributed by atoms with E-state index in [0.717, 1.165) is 5.52 Å². The van der Waals surface area contributed by atoms with E-state index in [1.807, 2.05) is 18.3 Å². The standard InChI is InChI=1S/C19H19NS/c1-19(2,3)15-8-10-16(11-9-15)21-17-12-14-6-4-5-7-18(14)20-13-17/h4-13H,1-3H3. The summed E-state index contributed by atoms with van der Waals surface area (Å²) in [6.45, 7) is 6.72. The molecule has 106 valence electrons. The molecule has 0 aliphatic carbocycles. The van der Waals surface area contributed by atoms with Gasteiger partial charge in [-0.1, -0.05) is 62.9 Å². The van der Waals surface area contributed by atoms with Gasteiger partial charge in [-0.2, -0.15) is 0 Å². The predicted octanol–water partition coefficient (Wildman–Crippen LogP) is 5.68. The summed E-state index contributed by atoms with van der Waals surface area (Å²) in [5.74, 6) is 0. The summed E-state index contributed by atoms with van der Waals surface area (Å²) in [7, 11) is 0. The van der Waals surface area contributed by atoms with Crippen molar-refractivity contribution < 1.29 is 0 Å². The van der Waals surface area contributed by atoms with Crippen molar-refractivity contribution in [1.82, 2.24) is 4.98 Å². The van der Waals surface area contributed by atoms with Crippen LogP contribution in [0, 0.1) is 0 Å². The van der Waals surface area contributed by atoms with Gasteiger partial charge < -0.3 is 0 Å². The molecule has 0 fully saturated rings. The van der Waals surface area contributed by atoms with Gasteiger partial charge in [0.1, 0.15) is 0 Å². The Morgan fingerprint density at radius 2 is 1.57 bits per heavy atom. The van der Waals surface area contributed by atoms with Crippen LogP contribution in [0.1, 0.15) is 26.3 Å². The van der Waals surface area contributed by atoms with Crippen LogP contribution >= 0.6 is 11.8 Å². The van der Waals surface area contributed by atoms with E-state index in [1.165, 1.54) is 20.7 Å². The topological polar surface area (TPSA) is 12.9 Å². The number of para-hydroxylation sites is 1. The minimum absolute atomic E-state index is 0.202. The molecule has 0 aliphatic heterocycles. The summed E-state index contributed by atoms with van der Waals surface area (Å²) in [5, 5.41) is 1.19. The Labute approximate surface area is 130 Å². The van der Waals surface area contributed by atoms with Crippen molar-refractivity contribution in [1.29, 1.82) is 0 Å². The Morgan fingerprint density at radius 3 is 2.29 bits per heavy atom. The van der Waals surface area contributed by atoms with Crippen LogP contribution in [0.5, 0.6) is 0 Å². The second-order valence-corrected chi connectivity index (χ2v) is 7.39. The van der Waals surface area contributed by atoms with Gasteiger partial charge in [-0.25, -0.2) is 0 Å². The molecule has 21 heavy (non-hydrogen) atoms. The minimum atomic E-state index is 0.202. The Balaban J connectivity index is 1.84. The molecule has 1 heterocycles. The highest BCUT2D eigenvalue weighted by Crippen LogP contribution is 2.31. The van der Waals surface area contributed by atoms with E-state index in [0.29, 0.717) is 0 Å². The Kier molecular flexibility index (Phi) is 3.73. The molecule has 2 aromatic carbocycles. The third-order valence-electron chi connectivity index (χ3n) is 3.52. The van der Waals surface area contributed by atoms with Gasteiger partial charge >= 0.3 is 0 Å². The lowest BCUT2D eigenvalue weighted by molar-refractivity contribution is 0.590. The summed E-state index contributed by atoms with van der Waals surface area (Å²) >= 11 is 1.76. The molecule has 0 radical (unpaired) electrons. The van der Waals surface area contributed by atoms with Crippen LogP contribution in [0.15, 0.2) is 70.6 Å². The Morgan fingerprint density at radius 1 is 0.857 bits per heavy atom. The number of benzene rings is 2. The van der Waals surface area contributed by atoms with Crippen molar-refractivity contribution in [2.24, 2.45) is 0 Å². The van der Waals surface area contributed by atoms with Crippen LogP contribution in [0.2, 0.25) is 0 Å². The van der Waals surface area contributed by atoms with Crippen LogP contribution in [-0.4, -0.2) is 4.98 Å². The highest BCUT2D eigenvalue weighted by Gasteiger charge is 2.12. The van der Waals surface area contributed by atoms with Crippen molar-refractivity contribution in [3.05, 3.63) is 66.4 Å². The summed E-state index contributed by atoms with van der Waals surface area (Å²) in [6.07, 6.45) is 1.95. The Hall–Kier alpha value is -1.80. The van der Waals surface area contributed by atoms with E-state index in [9.17, 15) is 0 Å². The smallest absolute Gasteiger partial charge is 0.0702 e. The first-order chi connectivity index (χ1) is 10.0. The van der Waals surface area contributed by atoms with Gasteiger partial charge in [0.15, 0.2) is 0 Å². The Bertz CT molecular complexity index is 754. The van der Waals surface area contributed by atoms with Crippen molar-refractivity contribution in [2.45, 2.75) is 36.0 Å². The molecule has 0 saturated carbocycles. The van der Waals surface area contributed by atoms with Crippen molar-refractivity contribution in [3.63, 3.8) is 0 Å². The second-order valence-electron chi connectivity index (χ2n) is 6.24. The van der Waals surface area contributed by atoms with E-state index >= 15 is 0 Å². The van der Waals surface area contributed by atoms with Gasteiger partial charge in [0.25, 0.3) is 0 Å². The highest BCUT2D eigenvalue weighted by molar-refractivity contribution is 7.99. The van der Waals surface area contributed by atoms with Crippen molar-refractivity contribution >= 4 is 22.7 Å². The van der Waals surface area contributed by atoms with E-state index in [2.05, 4.69) is 68.2 Å². The van der Waals surface area contributed by atoms with Gasteiger partial charge in [0, 0.05) is 21.4 Å². The first-order valence-corrected chi connectivity index (χ1v) is 7.97. The van der Waals surface area contributed by atoms with Gasteiger partial charge in [0.05, 0.1) is 5.52 Å². The van der Waals surface area contributed by atoms with Gasteiger partial charge in [-0.15, -0.1) is 0 Å². The first kappa shape index (κ1) is 14.2. The number of fused-ring (bicyclic) bond motifs is 1. The molecule has 0 bridgehead atoms. The van der Waals surface area contributed by atoms with Crippen molar-refractivity contribution in [2.75, 3.05) is 0 Å². The lowest BCUT2D eigenvalue weighted by Crippen LogP contribution is -2.10. The third kappa shape index (κ3) is 3.27. The van der Waals surface area contributed by atoms with E-state index in [4.69, 9.17) is 0 Å². The van der Waals surface area contributed by atoms with Gasteiger partial charge in [0.2, 0.25) is 0 Å². The number of hydrogen-bond acceptors (Lipinski definition) is 2. The van der Waals surface area contributed by atoms with Crippen LogP contribution < -0.4 is 0 Å². The molecular weight excluding hydrogens is 274 g/mol. The maximum Gasteiger partial charge on any atom is 0.0702 e. The molecule has 0 saturated heterocycles. The second kappa shape index (κ2) is 5.53. The van der Waals surface area contributed by atoms with Crippen LogP contribution in [-0.2, 0) is 5.41 Å². The fourth-order valence-corrected chi connectivity index (χ4v) is 3.10. The lowest BCUT2D eigenvalue weighted by atomic mass is 9.87. The summed E-state index contributed by atoms with van der Waals surface area (Å²) in [4.78, 5) is 6.94. The van der Waals surface area contributed by atoms with E-state index in [-0.39, 0.29) is 5.41 Å².